The van der Waals surface area contributed by atoms with Crippen molar-refractivity contribution in [1.82, 2.24) is 0 Å². The number of fused-ring (bicyclic) bond motifs is 1. The van der Waals surface area contributed by atoms with Crippen LogP contribution in [0.25, 0.3) is 0 Å². The lowest BCUT2D eigenvalue weighted by Crippen LogP contribution is -2.40. The van der Waals surface area contributed by atoms with E-state index in [1.807, 2.05) is 13.8 Å². The summed E-state index contributed by atoms with van der Waals surface area (Å²) in [5.41, 5.74) is -2.09. The Morgan fingerprint density at radius 3 is 2.10 bits per heavy atom. The zero-order valence-electron chi connectivity index (χ0n) is 24.2. The van der Waals surface area contributed by atoms with Gasteiger partial charge in [-0.25, -0.2) is 4.39 Å². The smallest absolute Gasteiger partial charge is 0.373 e. The number of alkyl halides is 6. The molecule has 9 heteroatoms. The van der Waals surface area contributed by atoms with E-state index in [9.17, 15) is 35.5 Å². The molecule has 2 aliphatic carbocycles. The van der Waals surface area contributed by atoms with Gasteiger partial charge in [0.2, 0.25) is 0 Å². The Kier molecular flexibility index (Phi) is 10.1. The first-order chi connectivity index (χ1) is 19.7. The van der Waals surface area contributed by atoms with Crippen molar-refractivity contribution < 1.29 is 40.3 Å². The topological polar surface area (TPSA) is 26.3 Å². The monoisotopic (exact) mass is 600 g/mol. The average molecular weight is 601 g/mol. The van der Waals surface area contributed by atoms with E-state index in [4.69, 9.17) is 4.74 Å². The quantitative estimate of drug-likeness (QED) is 0.282. The number of halogens is 7. The van der Waals surface area contributed by atoms with E-state index in [-0.39, 0.29) is 52.9 Å². The van der Waals surface area contributed by atoms with Crippen molar-refractivity contribution in [1.29, 1.82) is 0 Å². The number of Topliss-reactive ketones (excluding diaryl/α,β-unsaturated/α-hetero) is 1. The van der Waals surface area contributed by atoms with Crippen molar-refractivity contribution in [2.45, 2.75) is 96.7 Å². The molecule has 2 unspecified atom stereocenters. The van der Waals surface area contributed by atoms with Crippen LogP contribution in [0.4, 0.5) is 30.7 Å². The highest BCUT2D eigenvalue weighted by atomic mass is 19.4. The Labute approximate surface area is 243 Å². The summed E-state index contributed by atoms with van der Waals surface area (Å²) in [5.74, 6) is 0.586. The number of rotatable bonds is 8. The van der Waals surface area contributed by atoms with Gasteiger partial charge in [-0.3, -0.25) is 4.79 Å². The second kappa shape index (κ2) is 13.1. The molecule has 7 atom stereocenters. The first-order valence-corrected chi connectivity index (χ1v) is 14.9. The Morgan fingerprint density at radius 2 is 1.52 bits per heavy atom. The van der Waals surface area contributed by atoms with Gasteiger partial charge in [-0.2, -0.15) is 26.3 Å². The fourth-order valence-corrected chi connectivity index (χ4v) is 7.18. The minimum Gasteiger partial charge on any atom is -0.373 e. The molecule has 2 saturated carbocycles. The molecule has 232 valence electrons. The fraction of sp³-hybridized carbons (Fsp3) is 0.606. The molecule has 42 heavy (non-hydrogen) atoms. The summed E-state index contributed by atoms with van der Waals surface area (Å²) in [7, 11) is 0. The van der Waals surface area contributed by atoms with Crippen LogP contribution in [0.2, 0.25) is 0 Å². The predicted molar refractivity (Wildman–Crippen MR) is 146 cm³/mol. The van der Waals surface area contributed by atoms with Gasteiger partial charge in [-0.15, -0.1) is 0 Å². The van der Waals surface area contributed by atoms with E-state index in [0.29, 0.717) is 25.0 Å². The summed E-state index contributed by atoms with van der Waals surface area (Å²) in [6.07, 6.45) is -4.99. The normalized spacial score (nSPS) is 27.7. The van der Waals surface area contributed by atoms with Gasteiger partial charge in [-0.05, 0) is 97.2 Å². The first kappa shape index (κ1) is 32.5. The van der Waals surface area contributed by atoms with Gasteiger partial charge in [0.05, 0.1) is 23.8 Å². The predicted octanol–water partition coefficient (Wildman–Crippen LogP) is 10.00. The zero-order chi connectivity index (χ0) is 30.8. The number of hydrogen-bond acceptors (Lipinski definition) is 2. The third-order valence-corrected chi connectivity index (χ3v) is 9.72. The maximum atomic E-state index is 13.9. The van der Waals surface area contributed by atoms with Crippen molar-refractivity contribution >= 4 is 5.78 Å². The summed E-state index contributed by atoms with van der Waals surface area (Å²) in [4.78, 5) is 12.8. The Morgan fingerprint density at radius 1 is 0.905 bits per heavy atom. The van der Waals surface area contributed by atoms with E-state index in [0.717, 1.165) is 37.7 Å². The molecule has 2 aromatic carbocycles. The van der Waals surface area contributed by atoms with Crippen LogP contribution in [0, 0.1) is 35.4 Å². The Hall–Kier alpha value is -2.42. The molecule has 0 bridgehead atoms. The fourth-order valence-electron chi connectivity index (χ4n) is 7.18. The van der Waals surface area contributed by atoms with Crippen molar-refractivity contribution in [3.63, 3.8) is 0 Å². The van der Waals surface area contributed by atoms with Crippen molar-refractivity contribution in [3.8, 4) is 0 Å². The molecule has 0 heterocycles. The lowest BCUT2D eigenvalue weighted by molar-refractivity contribution is -0.143. The molecule has 2 fully saturated rings. The first-order valence-electron chi connectivity index (χ1n) is 14.9. The van der Waals surface area contributed by atoms with Gasteiger partial charge in [0.1, 0.15) is 11.6 Å². The standard InChI is InChI=1S/C33H39F7O2/c1-4-19(2)29(41)16-23-6-5-7-28-27(20(23)3)12-13-30(31(28)22-8-10-26(34)11-9-22)42-18-21-14-24(32(35,36)37)17-25(15-21)33(38,39)40/h8-11,14-15,17,19-20,23,27-28,30-31H,4-7,12-13,16,18H2,1-3H3/t19-,20?,23?,27-,28-,30+,31+/m1/s1. The molecule has 0 N–H and O–H groups in total. The number of hydrogen-bond donors (Lipinski definition) is 0. The van der Waals surface area contributed by atoms with E-state index < -0.39 is 42.0 Å². The van der Waals surface area contributed by atoms with Crippen LogP contribution >= 0.6 is 0 Å². The van der Waals surface area contributed by atoms with E-state index in [2.05, 4.69) is 6.92 Å². The lowest BCUT2D eigenvalue weighted by Gasteiger charge is -2.45. The SMILES string of the molecule is CC[C@@H](C)C(=O)CC1CCC[C@H]2[C@H](c3ccc(F)cc3)[C@@H](OCc3cc(C(F)(F)F)cc(C(F)(F)F)c3)CC[C@@H]2C1C. The highest BCUT2D eigenvalue weighted by Gasteiger charge is 2.46. The second-order valence-corrected chi connectivity index (χ2v) is 12.3. The lowest BCUT2D eigenvalue weighted by atomic mass is 9.62. The second-order valence-electron chi connectivity index (χ2n) is 12.3. The molecule has 0 radical (unpaired) electrons. The largest absolute Gasteiger partial charge is 0.416 e. The van der Waals surface area contributed by atoms with Crippen LogP contribution in [0.15, 0.2) is 42.5 Å². The maximum absolute atomic E-state index is 13.9. The van der Waals surface area contributed by atoms with Crippen LogP contribution in [-0.4, -0.2) is 11.9 Å². The summed E-state index contributed by atoms with van der Waals surface area (Å²) in [5, 5.41) is 0. The van der Waals surface area contributed by atoms with Gasteiger partial charge in [-0.1, -0.05) is 39.3 Å². The number of ketones is 1. The van der Waals surface area contributed by atoms with Gasteiger partial charge in [0.15, 0.2) is 0 Å². The Bertz CT molecular complexity index is 1170. The van der Waals surface area contributed by atoms with Gasteiger partial charge < -0.3 is 4.74 Å². The van der Waals surface area contributed by atoms with Crippen molar-refractivity contribution in [2.75, 3.05) is 0 Å². The molecular weight excluding hydrogens is 561 g/mol. The molecule has 2 nitrogen and oxygen atoms in total. The molecule has 0 amide bonds. The van der Waals surface area contributed by atoms with E-state index in [1.165, 1.54) is 12.1 Å². The summed E-state index contributed by atoms with van der Waals surface area (Å²) >= 11 is 0. The number of benzene rings is 2. The highest BCUT2D eigenvalue weighted by molar-refractivity contribution is 5.80. The third kappa shape index (κ3) is 7.56. The highest BCUT2D eigenvalue weighted by Crippen LogP contribution is 2.52. The van der Waals surface area contributed by atoms with E-state index in [1.54, 1.807) is 12.1 Å². The summed E-state index contributed by atoms with van der Waals surface area (Å²) < 4.78 is 101. The third-order valence-electron chi connectivity index (χ3n) is 9.72. The van der Waals surface area contributed by atoms with E-state index >= 15 is 0 Å². The van der Waals surface area contributed by atoms with Crippen LogP contribution in [0.1, 0.15) is 93.9 Å². The van der Waals surface area contributed by atoms with Crippen LogP contribution in [0.3, 0.4) is 0 Å². The molecular formula is C33H39F7O2. The van der Waals surface area contributed by atoms with Crippen LogP contribution < -0.4 is 0 Å². The minimum absolute atomic E-state index is 0.0149. The van der Waals surface area contributed by atoms with Crippen molar-refractivity contribution in [2.24, 2.45) is 29.6 Å². The summed E-state index contributed by atoms with van der Waals surface area (Å²) in [6, 6.07) is 7.67. The molecule has 0 aliphatic heterocycles. The number of ether oxygens (including phenoxy) is 1. The summed E-state index contributed by atoms with van der Waals surface area (Å²) in [6.45, 7) is 5.75. The average Bonchev–Trinajstić information content (AvgIpc) is 3.09. The van der Waals surface area contributed by atoms with Crippen molar-refractivity contribution in [3.05, 3.63) is 70.5 Å². The number of carbonyl (C=O) groups is 1. The minimum atomic E-state index is -4.94. The van der Waals surface area contributed by atoms with Gasteiger partial charge in [0, 0.05) is 18.3 Å². The van der Waals surface area contributed by atoms with Gasteiger partial charge >= 0.3 is 12.4 Å². The zero-order valence-corrected chi connectivity index (χ0v) is 24.2. The number of carbonyl (C=O) groups excluding carboxylic acids is 1. The van der Waals surface area contributed by atoms with Crippen LogP contribution in [0.5, 0.6) is 0 Å². The van der Waals surface area contributed by atoms with Gasteiger partial charge in [0.25, 0.3) is 0 Å². The van der Waals surface area contributed by atoms with Crippen LogP contribution in [-0.2, 0) is 28.5 Å². The Balaban J connectivity index is 1.61. The molecule has 2 aromatic rings. The maximum Gasteiger partial charge on any atom is 0.416 e. The molecule has 0 aromatic heterocycles. The molecule has 4 rings (SSSR count). The molecule has 2 aliphatic rings. The molecule has 0 spiro atoms. The molecule has 0 saturated heterocycles.